The molecule has 26 heavy (non-hydrogen) atoms. The van der Waals surface area contributed by atoms with Gasteiger partial charge in [0, 0.05) is 26.3 Å². The lowest BCUT2D eigenvalue weighted by atomic mass is 9.99. The second-order valence-electron chi connectivity index (χ2n) is 6.85. The van der Waals surface area contributed by atoms with Gasteiger partial charge in [0.2, 0.25) is 5.89 Å². The average Bonchev–Trinajstić information content (AvgIpc) is 3.02. The molecule has 1 saturated heterocycles. The maximum absolute atomic E-state index is 6.00. The van der Waals surface area contributed by atoms with Crippen LogP contribution < -0.4 is 4.74 Å². The quantitative estimate of drug-likeness (QED) is 0.698. The predicted octanol–water partition coefficient (Wildman–Crippen LogP) is 4.44. The summed E-state index contributed by atoms with van der Waals surface area (Å²) in [5.74, 6) is 2.35. The first-order valence-electron chi connectivity index (χ1n) is 9.64. The van der Waals surface area contributed by atoms with Gasteiger partial charge in [0.1, 0.15) is 11.5 Å². The molecule has 0 radical (unpaired) electrons. The Morgan fingerprint density at radius 2 is 2.12 bits per heavy atom. The van der Waals surface area contributed by atoms with Crippen LogP contribution in [0.2, 0.25) is 0 Å². The normalized spacial score (nSPS) is 18.2. The van der Waals surface area contributed by atoms with E-state index in [1.165, 1.54) is 19.3 Å². The maximum atomic E-state index is 6.00. The number of piperidine rings is 1. The summed E-state index contributed by atoms with van der Waals surface area (Å²) in [6, 6.07) is 8.49. The highest BCUT2D eigenvalue weighted by Gasteiger charge is 2.24. The van der Waals surface area contributed by atoms with Crippen LogP contribution in [0.4, 0.5) is 0 Å². The molecular weight excluding hydrogens is 328 g/mol. The molecule has 1 aliphatic rings. The van der Waals surface area contributed by atoms with E-state index in [-0.39, 0.29) is 0 Å². The van der Waals surface area contributed by atoms with Crippen LogP contribution in [-0.4, -0.2) is 42.8 Å². The third-order valence-electron chi connectivity index (χ3n) is 5.07. The highest BCUT2D eigenvalue weighted by Crippen LogP contribution is 2.31. The molecule has 0 N–H and O–H groups in total. The lowest BCUT2D eigenvalue weighted by Gasteiger charge is -2.35. The third kappa shape index (κ3) is 4.46. The van der Waals surface area contributed by atoms with E-state index in [2.05, 4.69) is 4.90 Å². The summed E-state index contributed by atoms with van der Waals surface area (Å²) in [7, 11) is 1.77. The van der Waals surface area contributed by atoms with Gasteiger partial charge in [0.15, 0.2) is 0 Å². The van der Waals surface area contributed by atoms with E-state index in [1.807, 2.05) is 38.1 Å². The molecule has 142 valence electrons. The highest BCUT2D eigenvalue weighted by atomic mass is 16.5. The summed E-state index contributed by atoms with van der Waals surface area (Å²) in [6.07, 6.45) is 4.86. The molecule has 0 spiro atoms. The number of likely N-dealkylation sites (tertiary alicyclic amines) is 1. The fourth-order valence-electron chi connectivity index (χ4n) is 3.66. The number of aromatic nitrogens is 1. The van der Waals surface area contributed by atoms with Crippen LogP contribution in [0.15, 0.2) is 28.7 Å². The lowest BCUT2D eigenvalue weighted by Crippen LogP contribution is -2.39. The standard InChI is InChI=1S/C21H30N2O3/c1-4-25-20-11-6-5-10-18(20)21-22-19(16(2)26-21)15-23-13-8-7-9-17(23)12-14-24-3/h5-6,10-11,17H,4,7-9,12-15H2,1-3H3/t17-/m1/s1. The number of oxazole rings is 1. The predicted molar refractivity (Wildman–Crippen MR) is 102 cm³/mol. The van der Waals surface area contributed by atoms with Crippen molar-refractivity contribution in [2.24, 2.45) is 0 Å². The van der Waals surface area contributed by atoms with Gasteiger partial charge in [-0.15, -0.1) is 0 Å². The Bertz CT molecular complexity index is 698. The topological polar surface area (TPSA) is 47.7 Å². The van der Waals surface area contributed by atoms with Crippen molar-refractivity contribution in [1.82, 2.24) is 9.88 Å². The van der Waals surface area contributed by atoms with E-state index < -0.39 is 0 Å². The maximum Gasteiger partial charge on any atom is 0.230 e. The monoisotopic (exact) mass is 358 g/mol. The Balaban J connectivity index is 1.78. The summed E-state index contributed by atoms with van der Waals surface area (Å²) in [5.41, 5.74) is 1.94. The van der Waals surface area contributed by atoms with E-state index >= 15 is 0 Å². The Labute approximate surface area is 156 Å². The summed E-state index contributed by atoms with van der Waals surface area (Å²) in [6.45, 7) is 7.37. The first kappa shape index (κ1) is 18.9. The molecule has 2 heterocycles. The zero-order valence-electron chi connectivity index (χ0n) is 16.2. The van der Waals surface area contributed by atoms with E-state index in [1.54, 1.807) is 7.11 Å². The van der Waals surface area contributed by atoms with Crippen molar-refractivity contribution in [1.29, 1.82) is 0 Å². The molecule has 3 rings (SSSR count). The largest absolute Gasteiger partial charge is 0.493 e. The van der Waals surface area contributed by atoms with Crippen molar-refractivity contribution < 1.29 is 13.9 Å². The second kappa shape index (κ2) is 9.19. The zero-order chi connectivity index (χ0) is 18.4. The van der Waals surface area contributed by atoms with Crippen LogP contribution in [0, 0.1) is 6.92 Å². The van der Waals surface area contributed by atoms with E-state index in [0.29, 0.717) is 18.5 Å². The number of aryl methyl sites for hydroxylation is 1. The highest BCUT2D eigenvalue weighted by molar-refractivity contribution is 5.63. The number of hydrogen-bond donors (Lipinski definition) is 0. The molecule has 0 saturated carbocycles. The van der Waals surface area contributed by atoms with Gasteiger partial charge in [-0.05, 0) is 51.8 Å². The first-order chi connectivity index (χ1) is 12.7. The van der Waals surface area contributed by atoms with Crippen molar-refractivity contribution in [3.8, 4) is 17.2 Å². The number of methoxy groups -OCH3 is 1. The molecule has 1 aromatic heterocycles. The number of para-hydroxylation sites is 1. The molecule has 1 fully saturated rings. The van der Waals surface area contributed by atoms with Gasteiger partial charge in [0.05, 0.1) is 17.9 Å². The first-order valence-corrected chi connectivity index (χ1v) is 9.64. The van der Waals surface area contributed by atoms with Crippen LogP contribution in [0.3, 0.4) is 0 Å². The van der Waals surface area contributed by atoms with Crippen molar-refractivity contribution >= 4 is 0 Å². The third-order valence-corrected chi connectivity index (χ3v) is 5.07. The Morgan fingerprint density at radius 3 is 2.92 bits per heavy atom. The lowest BCUT2D eigenvalue weighted by molar-refractivity contribution is 0.0961. The van der Waals surface area contributed by atoms with Gasteiger partial charge < -0.3 is 13.9 Å². The van der Waals surface area contributed by atoms with Crippen LogP contribution >= 0.6 is 0 Å². The SMILES string of the molecule is CCOc1ccccc1-c1nc(CN2CCCC[C@@H]2CCOC)c(C)o1. The average molecular weight is 358 g/mol. The molecule has 5 heteroatoms. The van der Waals surface area contributed by atoms with E-state index in [9.17, 15) is 0 Å². The molecule has 0 aliphatic carbocycles. The summed E-state index contributed by atoms with van der Waals surface area (Å²) in [4.78, 5) is 7.35. The van der Waals surface area contributed by atoms with Crippen LogP contribution in [0.1, 0.15) is 44.1 Å². The van der Waals surface area contributed by atoms with Gasteiger partial charge >= 0.3 is 0 Å². The molecule has 5 nitrogen and oxygen atoms in total. The zero-order valence-corrected chi connectivity index (χ0v) is 16.2. The van der Waals surface area contributed by atoms with Gasteiger partial charge in [-0.2, -0.15) is 0 Å². The molecule has 0 bridgehead atoms. The van der Waals surface area contributed by atoms with E-state index in [4.69, 9.17) is 18.9 Å². The summed E-state index contributed by atoms with van der Waals surface area (Å²) < 4.78 is 17.0. The fraction of sp³-hybridized carbons (Fsp3) is 0.571. The smallest absolute Gasteiger partial charge is 0.230 e. The molecule has 2 aromatic rings. The number of rotatable bonds is 8. The van der Waals surface area contributed by atoms with Crippen molar-refractivity contribution in [2.75, 3.05) is 26.9 Å². The van der Waals surface area contributed by atoms with E-state index in [0.717, 1.165) is 48.9 Å². The second-order valence-corrected chi connectivity index (χ2v) is 6.85. The number of hydrogen-bond acceptors (Lipinski definition) is 5. The molecule has 1 aromatic carbocycles. The van der Waals surface area contributed by atoms with Crippen LogP contribution in [0.5, 0.6) is 5.75 Å². The van der Waals surface area contributed by atoms with Gasteiger partial charge in [-0.3, -0.25) is 4.90 Å². The fourth-order valence-corrected chi connectivity index (χ4v) is 3.66. The van der Waals surface area contributed by atoms with Gasteiger partial charge in [-0.1, -0.05) is 18.6 Å². The molecule has 1 aliphatic heterocycles. The summed E-state index contributed by atoms with van der Waals surface area (Å²) in [5, 5.41) is 0. The number of benzene rings is 1. The Hall–Kier alpha value is -1.85. The molecule has 1 atom stereocenters. The van der Waals surface area contributed by atoms with Crippen molar-refractivity contribution in [3.05, 3.63) is 35.7 Å². The molecular formula is C21H30N2O3. The molecule has 0 unspecified atom stereocenters. The Morgan fingerprint density at radius 1 is 1.27 bits per heavy atom. The van der Waals surface area contributed by atoms with Crippen LogP contribution in [-0.2, 0) is 11.3 Å². The Kier molecular flexibility index (Phi) is 6.69. The number of ether oxygens (including phenoxy) is 2. The number of nitrogens with zero attached hydrogens (tertiary/aromatic N) is 2. The minimum atomic E-state index is 0.568. The molecule has 0 amide bonds. The van der Waals surface area contributed by atoms with Gasteiger partial charge in [-0.25, -0.2) is 4.98 Å². The van der Waals surface area contributed by atoms with Crippen molar-refractivity contribution in [2.45, 2.75) is 52.1 Å². The minimum Gasteiger partial charge on any atom is -0.493 e. The van der Waals surface area contributed by atoms with Gasteiger partial charge in [0.25, 0.3) is 0 Å². The summed E-state index contributed by atoms with van der Waals surface area (Å²) >= 11 is 0. The van der Waals surface area contributed by atoms with Crippen molar-refractivity contribution in [3.63, 3.8) is 0 Å². The minimum absolute atomic E-state index is 0.568. The van der Waals surface area contributed by atoms with Crippen LogP contribution in [0.25, 0.3) is 11.5 Å².